The normalized spacial score (nSPS) is 20.2. The Bertz CT molecular complexity index is 937. The second-order valence-corrected chi connectivity index (χ2v) is 7.50. The van der Waals surface area contributed by atoms with Crippen LogP contribution >= 0.6 is 0 Å². The Morgan fingerprint density at radius 3 is 2.63 bits per heavy atom. The molecular weight excluding hydrogens is 343 g/mol. The number of rotatable bonds is 6. The van der Waals surface area contributed by atoms with Gasteiger partial charge in [-0.05, 0) is 86.4 Å². The van der Waals surface area contributed by atoms with Crippen LogP contribution < -0.4 is 11.1 Å². The molecule has 0 saturated heterocycles. The Labute approximate surface area is 157 Å². The highest BCUT2D eigenvalue weighted by molar-refractivity contribution is 5.72. The second-order valence-electron chi connectivity index (χ2n) is 7.50. The van der Waals surface area contributed by atoms with Crippen molar-refractivity contribution >= 4 is 11.1 Å². The minimum Gasteiger partial charge on any atom is -0.408 e. The topological polar surface area (TPSA) is 58.0 Å². The van der Waals surface area contributed by atoms with E-state index in [-0.39, 0.29) is 5.82 Å². The summed E-state index contributed by atoms with van der Waals surface area (Å²) < 4.78 is 18.1. The standard InChI is InChI=1S/C22H25FN2O2/c23-18-8-3-15(4-9-18)2-1-13-24-19-10-5-16(6-11-19)17-7-12-20-21(14-17)27-22(26)25-20/h3-4,7-9,12,14,16,19,24H,1-2,5-6,10-11,13H2,(H,25,26). The summed E-state index contributed by atoms with van der Waals surface area (Å²) in [6.45, 7) is 0.993. The van der Waals surface area contributed by atoms with Gasteiger partial charge in [0.1, 0.15) is 5.82 Å². The van der Waals surface area contributed by atoms with Crippen molar-refractivity contribution in [3.8, 4) is 0 Å². The zero-order chi connectivity index (χ0) is 18.6. The van der Waals surface area contributed by atoms with Gasteiger partial charge < -0.3 is 9.73 Å². The summed E-state index contributed by atoms with van der Waals surface area (Å²) >= 11 is 0. The summed E-state index contributed by atoms with van der Waals surface area (Å²) in [5.41, 5.74) is 3.87. The van der Waals surface area contributed by atoms with Gasteiger partial charge in [-0.1, -0.05) is 18.2 Å². The van der Waals surface area contributed by atoms with Crippen LogP contribution in [0.25, 0.3) is 11.1 Å². The summed E-state index contributed by atoms with van der Waals surface area (Å²) in [7, 11) is 0. The van der Waals surface area contributed by atoms with Gasteiger partial charge in [0.2, 0.25) is 0 Å². The molecule has 1 aromatic heterocycles. The maximum atomic E-state index is 12.9. The van der Waals surface area contributed by atoms with Crippen LogP contribution in [0.3, 0.4) is 0 Å². The molecule has 0 aliphatic heterocycles. The minimum absolute atomic E-state index is 0.175. The predicted octanol–water partition coefficient (Wildman–Crippen LogP) is 4.51. The van der Waals surface area contributed by atoms with Crippen molar-refractivity contribution in [3.63, 3.8) is 0 Å². The lowest BCUT2D eigenvalue weighted by Crippen LogP contribution is -2.33. The molecule has 2 aromatic carbocycles. The fraction of sp³-hybridized carbons (Fsp3) is 0.409. The molecule has 0 bridgehead atoms. The lowest BCUT2D eigenvalue weighted by atomic mass is 9.81. The first kappa shape index (κ1) is 18.0. The number of aromatic nitrogens is 1. The molecule has 142 valence electrons. The monoisotopic (exact) mass is 368 g/mol. The quantitative estimate of drug-likeness (QED) is 0.630. The summed E-state index contributed by atoms with van der Waals surface area (Å²) in [4.78, 5) is 14.0. The van der Waals surface area contributed by atoms with Crippen LogP contribution in [0.5, 0.6) is 0 Å². The van der Waals surface area contributed by atoms with E-state index in [2.05, 4.69) is 16.4 Å². The van der Waals surface area contributed by atoms with Gasteiger partial charge in [-0.2, -0.15) is 0 Å². The molecular formula is C22H25FN2O2. The number of benzene rings is 2. The number of aromatic amines is 1. The van der Waals surface area contributed by atoms with Crippen molar-refractivity contribution in [3.05, 3.63) is 70.0 Å². The third kappa shape index (κ3) is 4.48. The lowest BCUT2D eigenvalue weighted by Gasteiger charge is -2.29. The summed E-state index contributed by atoms with van der Waals surface area (Å²) in [5, 5.41) is 3.67. The first-order valence-electron chi connectivity index (χ1n) is 9.78. The molecule has 1 aliphatic rings. The van der Waals surface area contributed by atoms with Crippen LogP contribution in [0.2, 0.25) is 0 Å². The summed E-state index contributed by atoms with van der Waals surface area (Å²) in [5.74, 6) is -0.0333. The third-order valence-corrected chi connectivity index (χ3v) is 5.63. The molecule has 0 radical (unpaired) electrons. The number of H-pyrrole nitrogens is 1. The molecule has 2 N–H and O–H groups in total. The number of halogens is 1. The molecule has 27 heavy (non-hydrogen) atoms. The van der Waals surface area contributed by atoms with Crippen molar-refractivity contribution in [1.82, 2.24) is 10.3 Å². The van der Waals surface area contributed by atoms with Gasteiger partial charge in [0.05, 0.1) is 5.52 Å². The Morgan fingerprint density at radius 2 is 1.85 bits per heavy atom. The highest BCUT2D eigenvalue weighted by Gasteiger charge is 2.22. The van der Waals surface area contributed by atoms with Crippen molar-refractivity contribution in [2.45, 2.75) is 50.5 Å². The van der Waals surface area contributed by atoms with E-state index in [0.717, 1.165) is 50.6 Å². The van der Waals surface area contributed by atoms with Crippen LogP contribution in [-0.4, -0.2) is 17.6 Å². The van der Waals surface area contributed by atoms with Crippen LogP contribution in [0, 0.1) is 5.82 Å². The number of fused-ring (bicyclic) bond motifs is 1. The molecule has 5 heteroatoms. The predicted molar refractivity (Wildman–Crippen MR) is 105 cm³/mol. The van der Waals surface area contributed by atoms with Gasteiger partial charge >= 0.3 is 5.76 Å². The van der Waals surface area contributed by atoms with Gasteiger partial charge in [-0.25, -0.2) is 9.18 Å². The van der Waals surface area contributed by atoms with Crippen LogP contribution in [-0.2, 0) is 6.42 Å². The third-order valence-electron chi connectivity index (χ3n) is 5.63. The molecule has 0 spiro atoms. The summed E-state index contributed by atoms with van der Waals surface area (Å²) in [6, 6.07) is 13.4. The molecule has 1 heterocycles. The molecule has 1 saturated carbocycles. The molecule has 0 unspecified atom stereocenters. The first-order valence-corrected chi connectivity index (χ1v) is 9.78. The number of hydrogen-bond donors (Lipinski definition) is 2. The molecule has 4 rings (SSSR count). The molecule has 0 amide bonds. The maximum absolute atomic E-state index is 12.9. The van der Waals surface area contributed by atoms with E-state index in [1.807, 2.05) is 24.3 Å². The molecule has 0 atom stereocenters. The second kappa shape index (κ2) is 8.09. The fourth-order valence-corrected chi connectivity index (χ4v) is 4.10. The first-order chi connectivity index (χ1) is 13.2. The van der Waals surface area contributed by atoms with Crippen LogP contribution in [0.1, 0.15) is 49.1 Å². The van der Waals surface area contributed by atoms with Gasteiger partial charge in [0.15, 0.2) is 5.58 Å². The fourth-order valence-electron chi connectivity index (χ4n) is 4.10. The van der Waals surface area contributed by atoms with Crippen LogP contribution in [0.4, 0.5) is 4.39 Å². The molecule has 1 fully saturated rings. The minimum atomic E-state index is -0.393. The molecule has 3 aromatic rings. The summed E-state index contributed by atoms with van der Waals surface area (Å²) in [6.07, 6.45) is 6.66. The van der Waals surface area contributed by atoms with E-state index in [9.17, 15) is 9.18 Å². The smallest absolute Gasteiger partial charge is 0.408 e. The van der Waals surface area contributed by atoms with Gasteiger partial charge in [0, 0.05) is 6.04 Å². The van der Waals surface area contributed by atoms with E-state index in [0.29, 0.717) is 17.5 Å². The number of aryl methyl sites for hydroxylation is 1. The largest absolute Gasteiger partial charge is 0.417 e. The Balaban J connectivity index is 1.22. The van der Waals surface area contributed by atoms with E-state index in [1.54, 1.807) is 0 Å². The highest BCUT2D eigenvalue weighted by atomic mass is 19.1. The highest BCUT2D eigenvalue weighted by Crippen LogP contribution is 2.33. The maximum Gasteiger partial charge on any atom is 0.417 e. The van der Waals surface area contributed by atoms with Crippen molar-refractivity contribution in [2.75, 3.05) is 6.54 Å². The average Bonchev–Trinajstić information content (AvgIpc) is 3.06. The Hall–Kier alpha value is -2.40. The van der Waals surface area contributed by atoms with Crippen molar-refractivity contribution < 1.29 is 8.81 Å². The van der Waals surface area contributed by atoms with Gasteiger partial charge in [-0.3, -0.25) is 4.98 Å². The van der Waals surface area contributed by atoms with E-state index in [1.165, 1.54) is 23.3 Å². The number of oxazole rings is 1. The Kier molecular flexibility index (Phi) is 5.39. The molecule has 4 nitrogen and oxygen atoms in total. The van der Waals surface area contributed by atoms with Crippen molar-refractivity contribution in [1.29, 1.82) is 0 Å². The van der Waals surface area contributed by atoms with E-state index >= 15 is 0 Å². The Morgan fingerprint density at radius 1 is 1.07 bits per heavy atom. The average molecular weight is 368 g/mol. The lowest BCUT2D eigenvalue weighted by molar-refractivity contribution is 0.342. The zero-order valence-electron chi connectivity index (χ0n) is 15.3. The number of hydrogen-bond acceptors (Lipinski definition) is 3. The van der Waals surface area contributed by atoms with E-state index < -0.39 is 5.76 Å². The number of nitrogens with one attached hydrogen (secondary N) is 2. The van der Waals surface area contributed by atoms with Crippen LogP contribution in [0.15, 0.2) is 51.7 Å². The van der Waals surface area contributed by atoms with Crippen molar-refractivity contribution in [2.24, 2.45) is 0 Å². The molecule has 1 aliphatic carbocycles. The van der Waals surface area contributed by atoms with Gasteiger partial charge in [0.25, 0.3) is 0 Å². The SMILES string of the molecule is O=c1[nH]c2ccc(C3CCC(NCCCc4ccc(F)cc4)CC3)cc2o1. The zero-order valence-corrected chi connectivity index (χ0v) is 15.3. The van der Waals surface area contributed by atoms with E-state index in [4.69, 9.17) is 4.42 Å². The van der Waals surface area contributed by atoms with Gasteiger partial charge in [-0.15, -0.1) is 0 Å².